The van der Waals surface area contributed by atoms with Gasteiger partial charge in [0, 0.05) is 18.7 Å². The van der Waals surface area contributed by atoms with Crippen molar-refractivity contribution in [2.24, 2.45) is 17.7 Å². The lowest BCUT2D eigenvalue weighted by Crippen LogP contribution is -2.44. The van der Waals surface area contributed by atoms with E-state index in [1.165, 1.54) is 31.4 Å². The number of nitrogens with zero attached hydrogens (tertiary/aromatic N) is 2. The molecule has 3 N–H and O–H groups in total. The number of nitrogens with two attached hydrogens (primary N) is 1. The standard InChI is InChI=1S/C17H32N4/c1-4-16(5-2)21-10-9-15(20-21)12-17(19-18)14-8-6-7-13(3)11-14/h9-10,13-14,16-17,19H,4-8,11-12,18H2,1-3H3. The molecule has 1 aliphatic rings. The van der Waals surface area contributed by atoms with Crippen molar-refractivity contribution >= 4 is 0 Å². The Labute approximate surface area is 129 Å². The summed E-state index contributed by atoms with van der Waals surface area (Å²) >= 11 is 0. The first kappa shape index (κ1) is 16.5. The Hall–Kier alpha value is -0.870. The lowest BCUT2D eigenvalue weighted by atomic mass is 9.77. The van der Waals surface area contributed by atoms with Crippen LogP contribution >= 0.6 is 0 Å². The molecule has 1 aromatic rings. The largest absolute Gasteiger partial charge is 0.271 e. The van der Waals surface area contributed by atoms with Gasteiger partial charge in [0.2, 0.25) is 0 Å². The second kappa shape index (κ2) is 7.95. The minimum absolute atomic E-state index is 0.359. The molecule has 4 heteroatoms. The van der Waals surface area contributed by atoms with Gasteiger partial charge in [0.25, 0.3) is 0 Å². The molecule has 1 fully saturated rings. The van der Waals surface area contributed by atoms with Crippen LogP contribution in [0, 0.1) is 11.8 Å². The molecule has 3 atom stereocenters. The molecule has 3 unspecified atom stereocenters. The lowest BCUT2D eigenvalue weighted by Gasteiger charge is -2.32. The number of aromatic nitrogens is 2. The van der Waals surface area contributed by atoms with Crippen LogP contribution in [0.15, 0.2) is 12.3 Å². The van der Waals surface area contributed by atoms with Crippen molar-refractivity contribution in [2.75, 3.05) is 0 Å². The summed E-state index contributed by atoms with van der Waals surface area (Å²) in [6, 6.07) is 3.05. The molecule has 0 aliphatic heterocycles. The quantitative estimate of drug-likeness (QED) is 0.598. The third-order valence-corrected chi connectivity index (χ3v) is 5.17. The number of nitrogens with one attached hydrogen (secondary N) is 1. The van der Waals surface area contributed by atoms with Crippen LogP contribution < -0.4 is 11.3 Å². The molecule has 120 valence electrons. The summed E-state index contributed by atoms with van der Waals surface area (Å²) < 4.78 is 2.13. The van der Waals surface area contributed by atoms with Gasteiger partial charge in [-0.1, -0.05) is 33.6 Å². The molecular formula is C17H32N4. The van der Waals surface area contributed by atoms with E-state index >= 15 is 0 Å². The van der Waals surface area contributed by atoms with Gasteiger partial charge in [-0.15, -0.1) is 0 Å². The third kappa shape index (κ3) is 4.30. The van der Waals surface area contributed by atoms with Gasteiger partial charge in [-0.25, -0.2) is 0 Å². The van der Waals surface area contributed by atoms with Crippen LogP contribution in [-0.2, 0) is 6.42 Å². The molecule has 0 radical (unpaired) electrons. The van der Waals surface area contributed by atoms with Gasteiger partial charge in [0.1, 0.15) is 0 Å². The summed E-state index contributed by atoms with van der Waals surface area (Å²) in [5.74, 6) is 7.36. The smallest absolute Gasteiger partial charge is 0.0640 e. The summed E-state index contributed by atoms with van der Waals surface area (Å²) in [7, 11) is 0. The summed E-state index contributed by atoms with van der Waals surface area (Å²) in [6.07, 6.45) is 10.6. The fourth-order valence-corrected chi connectivity index (χ4v) is 3.79. The maximum Gasteiger partial charge on any atom is 0.0640 e. The van der Waals surface area contributed by atoms with Gasteiger partial charge in [-0.05, 0) is 43.6 Å². The molecule has 1 aliphatic carbocycles. The van der Waals surface area contributed by atoms with E-state index in [4.69, 9.17) is 10.9 Å². The Kier molecular flexibility index (Phi) is 6.24. The Morgan fingerprint density at radius 2 is 2.14 bits per heavy atom. The topological polar surface area (TPSA) is 55.9 Å². The van der Waals surface area contributed by atoms with Crippen LogP contribution in [0.4, 0.5) is 0 Å². The van der Waals surface area contributed by atoms with E-state index in [1.54, 1.807) is 0 Å². The number of hydrogen-bond acceptors (Lipinski definition) is 3. The van der Waals surface area contributed by atoms with Crippen LogP contribution in [0.1, 0.15) is 71.0 Å². The highest BCUT2D eigenvalue weighted by atomic mass is 15.3. The average molecular weight is 292 g/mol. The van der Waals surface area contributed by atoms with E-state index in [1.807, 2.05) is 0 Å². The zero-order chi connectivity index (χ0) is 15.2. The zero-order valence-electron chi connectivity index (χ0n) is 13.9. The highest BCUT2D eigenvalue weighted by Gasteiger charge is 2.26. The minimum atomic E-state index is 0.359. The molecule has 0 bridgehead atoms. The summed E-state index contributed by atoms with van der Waals surface area (Å²) in [6.45, 7) is 6.81. The number of rotatable bonds is 7. The van der Waals surface area contributed by atoms with Gasteiger partial charge in [0.15, 0.2) is 0 Å². The van der Waals surface area contributed by atoms with E-state index < -0.39 is 0 Å². The molecule has 0 amide bonds. The van der Waals surface area contributed by atoms with Crippen molar-refractivity contribution in [2.45, 2.75) is 77.8 Å². The predicted octanol–water partition coefficient (Wildman–Crippen LogP) is 3.44. The second-order valence-corrected chi connectivity index (χ2v) is 6.77. The molecule has 2 rings (SSSR count). The van der Waals surface area contributed by atoms with Gasteiger partial charge in [0.05, 0.1) is 11.7 Å². The van der Waals surface area contributed by atoms with Crippen molar-refractivity contribution in [3.8, 4) is 0 Å². The normalized spacial score (nSPS) is 24.4. The average Bonchev–Trinajstić information content (AvgIpc) is 2.94. The fraction of sp³-hybridized carbons (Fsp3) is 0.824. The Morgan fingerprint density at radius 1 is 1.38 bits per heavy atom. The van der Waals surface area contributed by atoms with Crippen LogP contribution in [0.5, 0.6) is 0 Å². The molecule has 1 heterocycles. The highest BCUT2D eigenvalue weighted by Crippen LogP contribution is 2.31. The van der Waals surface area contributed by atoms with Crippen molar-refractivity contribution < 1.29 is 0 Å². The molecule has 1 aromatic heterocycles. The maximum atomic E-state index is 5.83. The Balaban J connectivity index is 1.98. The van der Waals surface area contributed by atoms with Crippen LogP contribution in [0.3, 0.4) is 0 Å². The van der Waals surface area contributed by atoms with Crippen molar-refractivity contribution in [1.82, 2.24) is 15.2 Å². The number of hydrazine groups is 1. The molecular weight excluding hydrogens is 260 g/mol. The lowest BCUT2D eigenvalue weighted by molar-refractivity contribution is 0.221. The molecule has 1 saturated carbocycles. The first-order valence-electron chi connectivity index (χ1n) is 8.68. The monoisotopic (exact) mass is 292 g/mol. The molecule has 0 aromatic carbocycles. The van der Waals surface area contributed by atoms with Crippen molar-refractivity contribution in [3.05, 3.63) is 18.0 Å². The van der Waals surface area contributed by atoms with Crippen LogP contribution in [0.25, 0.3) is 0 Å². The molecule has 0 saturated heterocycles. The van der Waals surface area contributed by atoms with Gasteiger partial charge < -0.3 is 0 Å². The Morgan fingerprint density at radius 3 is 2.76 bits per heavy atom. The zero-order valence-corrected chi connectivity index (χ0v) is 13.9. The first-order valence-corrected chi connectivity index (χ1v) is 8.68. The molecule has 21 heavy (non-hydrogen) atoms. The molecule has 4 nitrogen and oxygen atoms in total. The third-order valence-electron chi connectivity index (χ3n) is 5.17. The predicted molar refractivity (Wildman–Crippen MR) is 87.8 cm³/mol. The van der Waals surface area contributed by atoms with Crippen molar-refractivity contribution in [3.63, 3.8) is 0 Å². The van der Waals surface area contributed by atoms with Gasteiger partial charge in [-0.2, -0.15) is 5.10 Å². The van der Waals surface area contributed by atoms with Crippen LogP contribution in [0.2, 0.25) is 0 Å². The van der Waals surface area contributed by atoms with E-state index in [2.05, 4.69) is 43.1 Å². The van der Waals surface area contributed by atoms with E-state index in [-0.39, 0.29) is 0 Å². The fourth-order valence-electron chi connectivity index (χ4n) is 3.79. The van der Waals surface area contributed by atoms with E-state index in [0.717, 1.165) is 25.2 Å². The van der Waals surface area contributed by atoms with E-state index in [9.17, 15) is 0 Å². The SMILES string of the molecule is CCC(CC)n1ccc(CC(NN)C2CCCC(C)C2)n1. The highest BCUT2D eigenvalue weighted by molar-refractivity contribution is 5.03. The van der Waals surface area contributed by atoms with Crippen molar-refractivity contribution in [1.29, 1.82) is 0 Å². The summed E-state index contributed by atoms with van der Waals surface area (Å²) in [5, 5.41) is 4.77. The maximum absolute atomic E-state index is 5.83. The van der Waals surface area contributed by atoms with E-state index in [0.29, 0.717) is 18.0 Å². The number of hydrogen-bond donors (Lipinski definition) is 2. The molecule has 0 spiro atoms. The summed E-state index contributed by atoms with van der Waals surface area (Å²) in [5.41, 5.74) is 4.23. The van der Waals surface area contributed by atoms with Crippen LogP contribution in [-0.4, -0.2) is 15.8 Å². The second-order valence-electron chi connectivity index (χ2n) is 6.77. The van der Waals surface area contributed by atoms with Gasteiger partial charge >= 0.3 is 0 Å². The summed E-state index contributed by atoms with van der Waals surface area (Å²) in [4.78, 5) is 0. The minimum Gasteiger partial charge on any atom is -0.271 e. The first-order chi connectivity index (χ1) is 10.2. The van der Waals surface area contributed by atoms with Gasteiger partial charge in [-0.3, -0.25) is 16.0 Å². The Bertz CT molecular complexity index is 411.